The molecule has 0 aromatic heterocycles. The van der Waals surface area contributed by atoms with Gasteiger partial charge in [0.05, 0.1) is 22.0 Å². The molecule has 1 aliphatic heterocycles. The summed E-state index contributed by atoms with van der Waals surface area (Å²) in [4.78, 5) is 23.7. The van der Waals surface area contributed by atoms with Gasteiger partial charge in [0.15, 0.2) is 12.4 Å². The summed E-state index contributed by atoms with van der Waals surface area (Å²) < 4.78 is 5.35. The number of ether oxygens (including phenoxy) is 1. The predicted molar refractivity (Wildman–Crippen MR) is 85.0 cm³/mol. The van der Waals surface area contributed by atoms with E-state index in [1.165, 1.54) is 6.07 Å². The zero-order valence-electron chi connectivity index (χ0n) is 11.2. The largest absolute Gasteiger partial charge is 0.481 e. The highest BCUT2D eigenvalue weighted by molar-refractivity contribution is 6.36. The summed E-state index contributed by atoms with van der Waals surface area (Å²) >= 11 is 11.9. The summed E-state index contributed by atoms with van der Waals surface area (Å²) in [6.45, 7) is -0.126. The normalized spacial score (nSPS) is 12.9. The number of anilines is 2. The van der Waals surface area contributed by atoms with Crippen LogP contribution in [-0.2, 0) is 4.79 Å². The highest BCUT2D eigenvalue weighted by Crippen LogP contribution is 2.33. The number of carbonyl (C=O) groups is 2. The maximum absolute atomic E-state index is 12.4. The minimum atomic E-state index is -0.391. The van der Waals surface area contributed by atoms with Crippen LogP contribution in [0.2, 0.25) is 10.0 Å². The Morgan fingerprint density at radius 2 is 2.05 bits per heavy atom. The molecule has 0 spiro atoms. The minimum absolute atomic E-state index is 0.126. The smallest absolute Gasteiger partial charge is 0.262 e. The molecule has 2 aromatic rings. The van der Waals surface area contributed by atoms with E-state index in [2.05, 4.69) is 10.6 Å². The van der Waals surface area contributed by atoms with Crippen molar-refractivity contribution in [3.8, 4) is 5.75 Å². The van der Waals surface area contributed by atoms with E-state index in [0.717, 1.165) is 0 Å². The number of hydrogen-bond acceptors (Lipinski definition) is 3. The summed E-state index contributed by atoms with van der Waals surface area (Å²) in [5.41, 5.74) is 1.21. The van der Waals surface area contributed by atoms with Gasteiger partial charge in [-0.25, -0.2) is 0 Å². The highest BCUT2D eigenvalue weighted by atomic mass is 35.5. The van der Waals surface area contributed by atoms with Gasteiger partial charge in [-0.05, 0) is 30.3 Å². The van der Waals surface area contributed by atoms with E-state index in [4.69, 9.17) is 27.9 Å². The predicted octanol–water partition coefficient (Wildman–Crippen LogP) is 3.58. The van der Waals surface area contributed by atoms with Crippen LogP contribution in [0.15, 0.2) is 36.4 Å². The van der Waals surface area contributed by atoms with Crippen LogP contribution < -0.4 is 15.4 Å². The number of benzene rings is 2. The van der Waals surface area contributed by atoms with Crippen molar-refractivity contribution >= 4 is 46.4 Å². The lowest BCUT2D eigenvalue weighted by Crippen LogP contribution is -2.27. The average molecular weight is 337 g/mol. The number of carbonyl (C=O) groups excluding carboxylic acids is 2. The van der Waals surface area contributed by atoms with E-state index in [9.17, 15) is 9.59 Å². The fraction of sp³-hybridized carbons (Fsp3) is 0.0667. The quantitative estimate of drug-likeness (QED) is 0.880. The van der Waals surface area contributed by atoms with Gasteiger partial charge in [0.1, 0.15) is 0 Å². The lowest BCUT2D eigenvalue weighted by molar-refractivity contribution is -0.118. The zero-order chi connectivity index (χ0) is 15.7. The summed E-state index contributed by atoms with van der Waals surface area (Å²) in [5, 5.41) is 6.15. The van der Waals surface area contributed by atoms with Crippen molar-refractivity contribution in [1.29, 1.82) is 0 Å². The molecule has 112 valence electrons. The van der Waals surface area contributed by atoms with Gasteiger partial charge in [-0.1, -0.05) is 29.3 Å². The monoisotopic (exact) mass is 336 g/mol. The number of amides is 2. The standard InChI is InChI=1S/C15H10Cl2N2O3/c16-8-4-5-11(10(17)6-8)19-15(21)9-2-1-3-12-14(9)22-7-13(20)18-12/h1-6H,7H2,(H,18,20)(H,19,21). The molecule has 3 rings (SSSR count). The molecule has 1 heterocycles. The molecule has 0 radical (unpaired) electrons. The van der Waals surface area contributed by atoms with Crippen molar-refractivity contribution in [2.45, 2.75) is 0 Å². The first-order valence-electron chi connectivity index (χ1n) is 6.36. The number of rotatable bonds is 2. The van der Waals surface area contributed by atoms with Gasteiger partial charge in [0.2, 0.25) is 0 Å². The van der Waals surface area contributed by atoms with Crippen molar-refractivity contribution in [2.24, 2.45) is 0 Å². The molecule has 22 heavy (non-hydrogen) atoms. The molecule has 0 saturated heterocycles. The van der Waals surface area contributed by atoms with E-state index in [1.54, 1.807) is 30.3 Å². The van der Waals surface area contributed by atoms with Crippen LogP contribution >= 0.6 is 23.2 Å². The van der Waals surface area contributed by atoms with Gasteiger partial charge in [0, 0.05) is 5.02 Å². The minimum Gasteiger partial charge on any atom is -0.481 e. The Morgan fingerprint density at radius 3 is 2.82 bits per heavy atom. The fourth-order valence-corrected chi connectivity index (χ4v) is 2.53. The first kappa shape index (κ1) is 14.7. The Kier molecular flexibility index (Phi) is 3.92. The van der Waals surface area contributed by atoms with Crippen molar-refractivity contribution < 1.29 is 14.3 Å². The SMILES string of the molecule is O=C1COc2c(cccc2C(=O)Nc2ccc(Cl)cc2Cl)N1. The maximum Gasteiger partial charge on any atom is 0.262 e. The van der Waals surface area contributed by atoms with Gasteiger partial charge >= 0.3 is 0 Å². The van der Waals surface area contributed by atoms with Crippen LogP contribution in [0.4, 0.5) is 11.4 Å². The molecule has 5 nitrogen and oxygen atoms in total. The molecule has 1 aliphatic rings. The third kappa shape index (κ3) is 2.86. The molecule has 0 saturated carbocycles. The third-order valence-corrected chi connectivity index (χ3v) is 3.61. The Labute approximate surface area is 136 Å². The van der Waals surface area contributed by atoms with Crippen molar-refractivity contribution in [3.05, 3.63) is 52.0 Å². The van der Waals surface area contributed by atoms with Crippen molar-refractivity contribution in [2.75, 3.05) is 17.2 Å². The lowest BCUT2D eigenvalue weighted by Gasteiger charge is -2.20. The van der Waals surface area contributed by atoms with Gasteiger partial charge in [0.25, 0.3) is 11.8 Å². The maximum atomic E-state index is 12.4. The summed E-state index contributed by atoms with van der Waals surface area (Å²) in [7, 11) is 0. The first-order valence-corrected chi connectivity index (χ1v) is 7.12. The van der Waals surface area contributed by atoms with Crippen LogP contribution in [0.5, 0.6) is 5.75 Å². The summed E-state index contributed by atoms with van der Waals surface area (Å²) in [6, 6.07) is 9.71. The van der Waals surface area contributed by atoms with Gasteiger partial charge in [-0.15, -0.1) is 0 Å². The number of para-hydroxylation sites is 1. The molecule has 0 unspecified atom stereocenters. The summed E-state index contributed by atoms with van der Waals surface area (Å²) in [5.74, 6) is -0.312. The van der Waals surface area contributed by atoms with Gasteiger partial charge in [-0.2, -0.15) is 0 Å². The molecule has 0 fully saturated rings. The Hall–Kier alpha value is -2.24. The lowest BCUT2D eigenvalue weighted by atomic mass is 10.1. The van der Waals surface area contributed by atoms with Crippen molar-refractivity contribution in [1.82, 2.24) is 0 Å². The van der Waals surface area contributed by atoms with Gasteiger partial charge < -0.3 is 15.4 Å². The average Bonchev–Trinajstić information content (AvgIpc) is 2.49. The van der Waals surface area contributed by atoms with Crippen LogP contribution in [0.3, 0.4) is 0 Å². The van der Waals surface area contributed by atoms with E-state index in [0.29, 0.717) is 32.7 Å². The zero-order valence-corrected chi connectivity index (χ0v) is 12.7. The third-order valence-electron chi connectivity index (χ3n) is 3.06. The Balaban J connectivity index is 1.90. The Morgan fingerprint density at radius 1 is 1.23 bits per heavy atom. The van der Waals surface area contributed by atoms with Crippen LogP contribution in [0.25, 0.3) is 0 Å². The number of nitrogens with one attached hydrogen (secondary N) is 2. The highest BCUT2D eigenvalue weighted by Gasteiger charge is 2.22. The molecule has 0 bridgehead atoms. The molecule has 0 atom stereocenters. The number of hydrogen-bond donors (Lipinski definition) is 2. The van der Waals surface area contributed by atoms with E-state index >= 15 is 0 Å². The molecule has 2 N–H and O–H groups in total. The van der Waals surface area contributed by atoms with Crippen LogP contribution in [-0.4, -0.2) is 18.4 Å². The molecule has 0 aliphatic carbocycles. The van der Waals surface area contributed by atoms with Crippen LogP contribution in [0, 0.1) is 0 Å². The van der Waals surface area contributed by atoms with Crippen LogP contribution in [0.1, 0.15) is 10.4 Å². The molecular formula is C15H10Cl2N2O3. The second-order valence-corrected chi connectivity index (χ2v) is 5.44. The Bertz CT molecular complexity index is 777. The number of halogens is 2. The molecule has 7 heteroatoms. The second kappa shape index (κ2) is 5.87. The molecule has 2 aromatic carbocycles. The number of fused-ring (bicyclic) bond motifs is 1. The second-order valence-electron chi connectivity index (χ2n) is 4.60. The van der Waals surface area contributed by atoms with E-state index < -0.39 is 5.91 Å². The fourth-order valence-electron chi connectivity index (χ4n) is 2.07. The molecular weight excluding hydrogens is 327 g/mol. The van der Waals surface area contributed by atoms with Crippen molar-refractivity contribution in [3.63, 3.8) is 0 Å². The van der Waals surface area contributed by atoms with Gasteiger partial charge in [-0.3, -0.25) is 9.59 Å². The van der Waals surface area contributed by atoms with E-state index in [1.807, 2.05) is 0 Å². The molecule has 2 amide bonds. The summed E-state index contributed by atoms with van der Waals surface area (Å²) in [6.07, 6.45) is 0. The van der Waals surface area contributed by atoms with E-state index in [-0.39, 0.29) is 12.5 Å². The first-order chi connectivity index (χ1) is 10.5. The topological polar surface area (TPSA) is 67.4 Å².